The molecule has 1 aromatic rings. The molecule has 0 radical (unpaired) electrons. The summed E-state index contributed by atoms with van der Waals surface area (Å²) in [4.78, 5) is 11.4. The highest BCUT2D eigenvalue weighted by Gasteiger charge is 2.20. The Morgan fingerprint density at radius 2 is 1.92 bits per heavy atom. The zero-order valence-corrected chi connectivity index (χ0v) is 7.45. The predicted octanol–water partition coefficient (Wildman–Crippen LogP) is 1.59. The van der Waals surface area contributed by atoms with E-state index in [1.165, 1.54) is 0 Å². The van der Waals surface area contributed by atoms with Crippen LogP contribution in [0.15, 0.2) is 36.4 Å². The molecular formula is C11H11NO. The molecule has 1 heterocycles. The van der Waals surface area contributed by atoms with Gasteiger partial charge in [0.2, 0.25) is 0 Å². The molecule has 0 bridgehead atoms. The van der Waals surface area contributed by atoms with E-state index in [9.17, 15) is 4.79 Å². The Kier molecular flexibility index (Phi) is 1.89. The summed E-state index contributed by atoms with van der Waals surface area (Å²) in [6.07, 6.45) is 1.96. The first-order valence-corrected chi connectivity index (χ1v) is 4.35. The van der Waals surface area contributed by atoms with E-state index in [1.54, 1.807) is 0 Å². The van der Waals surface area contributed by atoms with Gasteiger partial charge in [0.05, 0.1) is 0 Å². The van der Waals surface area contributed by atoms with Gasteiger partial charge in [0.1, 0.15) is 0 Å². The molecular weight excluding hydrogens is 162 g/mol. The summed E-state index contributed by atoms with van der Waals surface area (Å²) in [7, 11) is 0. The first kappa shape index (κ1) is 8.05. The van der Waals surface area contributed by atoms with Gasteiger partial charge in [-0.25, -0.2) is 0 Å². The van der Waals surface area contributed by atoms with E-state index in [2.05, 4.69) is 5.32 Å². The van der Waals surface area contributed by atoms with E-state index in [-0.39, 0.29) is 11.9 Å². The molecule has 1 aliphatic rings. The fraction of sp³-hybridized carbons (Fsp3) is 0.182. The molecule has 0 aliphatic carbocycles. The standard InChI is InChI=1S/C11H11NO/c1-8-7-10(11(13)12-8)9-5-3-2-4-6-9/h2-8H,1H3,(H,12,13). The summed E-state index contributed by atoms with van der Waals surface area (Å²) in [6.45, 7) is 1.97. The van der Waals surface area contributed by atoms with Crippen LogP contribution in [0.25, 0.3) is 5.57 Å². The normalized spacial score (nSPS) is 21.2. The number of nitrogens with one attached hydrogen (secondary N) is 1. The molecule has 2 heteroatoms. The topological polar surface area (TPSA) is 29.1 Å². The zero-order valence-electron chi connectivity index (χ0n) is 7.45. The Morgan fingerprint density at radius 1 is 1.23 bits per heavy atom. The van der Waals surface area contributed by atoms with Gasteiger partial charge in [-0.3, -0.25) is 4.79 Å². The van der Waals surface area contributed by atoms with Crippen LogP contribution in [0.2, 0.25) is 0 Å². The summed E-state index contributed by atoms with van der Waals surface area (Å²) >= 11 is 0. The molecule has 1 aliphatic heterocycles. The smallest absolute Gasteiger partial charge is 0.252 e. The first-order chi connectivity index (χ1) is 6.27. The van der Waals surface area contributed by atoms with Gasteiger partial charge < -0.3 is 5.32 Å². The van der Waals surface area contributed by atoms with Crippen LogP contribution in [0.1, 0.15) is 12.5 Å². The number of rotatable bonds is 1. The Labute approximate surface area is 77.3 Å². The molecule has 0 aromatic heterocycles. The molecule has 1 atom stereocenters. The minimum atomic E-state index is 0.0266. The fourth-order valence-electron chi connectivity index (χ4n) is 1.50. The molecule has 2 nitrogen and oxygen atoms in total. The van der Waals surface area contributed by atoms with Gasteiger partial charge in [0.15, 0.2) is 0 Å². The van der Waals surface area contributed by atoms with Crippen molar-refractivity contribution >= 4 is 11.5 Å². The van der Waals surface area contributed by atoms with Crippen LogP contribution in [0.4, 0.5) is 0 Å². The van der Waals surface area contributed by atoms with Crippen molar-refractivity contribution in [3.63, 3.8) is 0 Å². The van der Waals surface area contributed by atoms with Crippen molar-refractivity contribution in [2.45, 2.75) is 13.0 Å². The van der Waals surface area contributed by atoms with Gasteiger partial charge in [0.25, 0.3) is 5.91 Å². The van der Waals surface area contributed by atoms with Crippen LogP contribution in [-0.4, -0.2) is 11.9 Å². The van der Waals surface area contributed by atoms with Crippen molar-refractivity contribution in [2.24, 2.45) is 0 Å². The summed E-state index contributed by atoms with van der Waals surface area (Å²) < 4.78 is 0. The van der Waals surface area contributed by atoms with Crippen LogP contribution in [0, 0.1) is 0 Å². The monoisotopic (exact) mass is 173 g/mol. The van der Waals surface area contributed by atoms with E-state index in [4.69, 9.17) is 0 Å². The SMILES string of the molecule is CC1C=C(c2ccccc2)C(=O)N1. The van der Waals surface area contributed by atoms with Crippen molar-refractivity contribution in [2.75, 3.05) is 0 Å². The molecule has 0 spiro atoms. The highest BCUT2D eigenvalue weighted by atomic mass is 16.2. The maximum Gasteiger partial charge on any atom is 0.252 e. The molecule has 1 N–H and O–H groups in total. The van der Waals surface area contributed by atoms with E-state index in [0.717, 1.165) is 11.1 Å². The Balaban J connectivity index is 2.37. The third-order valence-electron chi connectivity index (χ3n) is 2.10. The van der Waals surface area contributed by atoms with Crippen LogP contribution in [0.5, 0.6) is 0 Å². The van der Waals surface area contributed by atoms with Crippen LogP contribution < -0.4 is 5.32 Å². The highest BCUT2D eigenvalue weighted by Crippen LogP contribution is 2.19. The summed E-state index contributed by atoms with van der Waals surface area (Å²) in [5, 5.41) is 2.83. The van der Waals surface area contributed by atoms with Crippen molar-refractivity contribution < 1.29 is 4.79 Å². The number of benzene rings is 1. The molecule has 13 heavy (non-hydrogen) atoms. The second-order valence-electron chi connectivity index (χ2n) is 3.21. The maximum absolute atomic E-state index is 11.4. The first-order valence-electron chi connectivity index (χ1n) is 4.35. The van der Waals surface area contributed by atoms with Crippen molar-refractivity contribution in [3.05, 3.63) is 42.0 Å². The number of hydrogen-bond acceptors (Lipinski definition) is 1. The zero-order chi connectivity index (χ0) is 9.26. The lowest BCUT2D eigenvalue weighted by molar-refractivity contribution is -0.115. The van der Waals surface area contributed by atoms with Gasteiger partial charge in [0, 0.05) is 11.6 Å². The Morgan fingerprint density at radius 3 is 2.46 bits per heavy atom. The summed E-state index contributed by atoms with van der Waals surface area (Å²) in [6, 6.07) is 9.87. The second kappa shape index (κ2) is 3.05. The van der Waals surface area contributed by atoms with Gasteiger partial charge in [-0.05, 0) is 18.6 Å². The lowest BCUT2D eigenvalue weighted by Gasteiger charge is -1.99. The van der Waals surface area contributed by atoms with E-state index in [1.807, 2.05) is 43.3 Å². The van der Waals surface area contributed by atoms with Gasteiger partial charge in [-0.15, -0.1) is 0 Å². The third kappa shape index (κ3) is 1.47. The Bertz CT molecular complexity index is 354. The van der Waals surface area contributed by atoms with E-state index in [0.29, 0.717) is 0 Å². The molecule has 1 unspecified atom stereocenters. The maximum atomic E-state index is 11.4. The number of carbonyl (C=O) groups is 1. The van der Waals surface area contributed by atoms with E-state index < -0.39 is 0 Å². The molecule has 2 rings (SSSR count). The second-order valence-corrected chi connectivity index (χ2v) is 3.21. The number of hydrogen-bond donors (Lipinski definition) is 1. The number of carbonyl (C=O) groups excluding carboxylic acids is 1. The van der Waals surface area contributed by atoms with Crippen LogP contribution in [-0.2, 0) is 4.79 Å². The molecule has 0 saturated heterocycles. The van der Waals surface area contributed by atoms with Gasteiger partial charge in [-0.2, -0.15) is 0 Å². The highest BCUT2D eigenvalue weighted by molar-refractivity contribution is 6.21. The lowest BCUT2D eigenvalue weighted by atomic mass is 10.1. The largest absolute Gasteiger partial charge is 0.346 e. The molecule has 1 amide bonds. The average Bonchev–Trinajstić information content (AvgIpc) is 2.47. The summed E-state index contributed by atoms with van der Waals surface area (Å²) in [5.74, 6) is 0.0266. The fourth-order valence-corrected chi connectivity index (χ4v) is 1.50. The van der Waals surface area contributed by atoms with Crippen molar-refractivity contribution in [1.29, 1.82) is 0 Å². The molecule has 0 fully saturated rings. The molecule has 1 aromatic carbocycles. The van der Waals surface area contributed by atoms with Crippen LogP contribution >= 0.6 is 0 Å². The predicted molar refractivity (Wildman–Crippen MR) is 52.0 cm³/mol. The molecule has 0 saturated carbocycles. The quantitative estimate of drug-likeness (QED) is 0.686. The average molecular weight is 173 g/mol. The van der Waals surface area contributed by atoms with Crippen molar-refractivity contribution in [1.82, 2.24) is 5.32 Å². The third-order valence-corrected chi connectivity index (χ3v) is 2.10. The minimum absolute atomic E-state index is 0.0266. The molecule has 66 valence electrons. The van der Waals surface area contributed by atoms with Crippen LogP contribution in [0.3, 0.4) is 0 Å². The lowest BCUT2D eigenvalue weighted by Crippen LogP contribution is -2.24. The Hall–Kier alpha value is -1.57. The number of amides is 1. The van der Waals surface area contributed by atoms with Gasteiger partial charge in [-0.1, -0.05) is 30.3 Å². The van der Waals surface area contributed by atoms with E-state index >= 15 is 0 Å². The van der Waals surface area contributed by atoms with Gasteiger partial charge >= 0.3 is 0 Å². The van der Waals surface area contributed by atoms with Crippen molar-refractivity contribution in [3.8, 4) is 0 Å². The minimum Gasteiger partial charge on any atom is -0.346 e. The summed E-state index contributed by atoms with van der Waals surface area (Å²) in [5.41, 5.74) is 1.78.